The van der Waals surface area contributed by atoms with Crippen molar-refractivity contribution < 1.29 is 14.3 Å². The summed E-state index contributed by atoms with van der Waals surface area (Å²) in [5, 5.41) is 8.78. The summed E-state index contributed by atoms with van der Waals surface area (Å²) in [6.45, 7) is 6.39. The van der Waals surface area contributed by atoms with Crippen molar-refractivity contribution in [1.29, 1.82) is 0 Å². The van der Waals surface area contributed by atoms with E-state index in [1.165, 1.54) is 5.56 Å². The van der Waals surface area contributed by atoms with Gasteiger partial charge in [-0.2, -0.15) is 10.1 Å². The summed E-state index contributed by atoms with van der Waals surface area (Å²) in [6, 6.07) is 14.1. The first-order chi connectivity index (χ1) is 17.0. The van der Waals surface area contributed by atoms with Crippen LogP contribution in [0.25, 0.3) is 16.0 Å². The third-order valence-corrected chi connectivity index (χ3v) is 7.84. The average Bonchev–Trinajstić information content (AvgIpc) is 3.59. The van der Waals surface area contributed by atoms with Crippen molar-refractivity contribution >= 4 is 32.7 Å². The normalized spacial score (nSPS) is 17.2. The van der Waals surface area contributed by atoms with Gasteiger partial charge in [0.15, 0.2) is 22.3 Å². The van der Waals surface area contributed by atoms with Crippen LogP contribution < -0.4 is 19.7 Å². The largest absolute Gasteiger partial charge is 0.454 e. The molecular weight excluding hydrogens is 462 g/mol. The van der Waals surface area contributed by atoms with Crippen LogP contribution in [0.1, 0.15) is 29.7 Å². The molecule has 0 saturated carbocycles. The maximum atomic E-state index is 13.0. The third kappa shape index (κ3) is 4.20. The second kappa shape index (κ2) is 8.88. The molecule has 4 heterocycles. The van der Waals surface area contributed by atoms with Crippen LogP contribution in [0, 0.1) is 19.8 Å². The van der Waals surface area contributed by atoms with Gasteiger partial charge in [-0.3, -0.25) is 4.79 Å². The van der Waals surface area contributed by atoms with E-state index in [0.29, 0.717) is 13.1 Å². The van der Waals surface area contributed by atoms with Crippen molar-refractivity contribution in [3.63, 3.8) is 0 Å². The Morgan fingerprint density at radius 3 is 2.83 bits per heavy atom. The summed E-state index contributed by atoms with van der Waals surface area (Å²) in [4.78, 5) is 20.2. The summed E-state index contributed by atoms with van der Waals surface area (Å²) < 4.78 is 13.8. The first kappa shape index (κ1) is 21.9. The molecule has 1 atom stereocenters. The van der Waals surface area contributed by atoms with Crippen LogP contribution in [-0.4, -0.2) is 40.6 Å². The lowest BCUT2D eigenvalue weighted by Crippen LogP contribution is -2.43. The van der Waals surface area contributed by atoms with E-state index in [0.717, 1.165) is 63.3 Å². The molecule has 0 aliphatic carbocycles. The molecule has 1 saturated heterocycles. The van der Waals surface area contributed by atoms with Crippen molar-refractivity contribution in [2.75, 3.05) is 24.8 Å². The number of piperidine rings is 1. The second-order valence-electron chi connectivity index (χ2n) is 9.17. The van der Waals surface area contributed by atoms with E-state index < -0.39 is 0 Å². The van der Waals surface area contributed by atoms with Crippen LogP contribution in [0.4, 0.5) is 5.13 Å². The highest BCUT2D eigenvalue weighted by molar-refractivity contribution is 7.22. The number of aromatic nitrogens is 3. The zero-order valence-corrected chi connectivity index (χ0v) is 20.6. The van der Waals surface area contributed by atoms with Crippen molar-refractivity contribution in [2.45, 2.75) is 33.2 Å². The Hall–Kier alpha value is -3.59. The van der Waals surface area contributed by atoms with Gasteiger partial charge in [-0.15, -0.1) is 0 Å². The number of nitrogens with zero attached hydrogens (tertiary/aromatic N) is 4. The monoisotopic (exact) mass is 489 g/mol. The molecule has 9 heteroatoms. The van der Waals surface area contributed by atoms with Gasteiger partial charge in [0.25, 0.3) is 0 Å². The smallest absolute Gasteiger partial charge is 0.231 e. The molecule has 0 spiro atoms. The topological polar surface area (TPSA) is 81.5 Å². The molecule has 2 aromatic heterocycles. The minimum atomic E-state index is -0.0699. The molecule has 1 N–H and O–H groups in total. The number of fused-ring (bicyclic) bond motifs is 2. The Labute approximate surface area is 207 Å². The van der Waals surface area contributed by atoms with Crippen LogP contribution in [0.5, 0.6) is 11.5 Å². The minimum Gasteiger partial charge on any atom is -0.454 e. The molecule has 35 heavy (non-hydrogen) atoms. The molecule has 2 aliphatic rings. The first-order valence-electron chi connectivity index (χ1n) is 11.9. The second-order valence-corrected chi connectivity index (χ2v) is 10.2. The number of carbonyl (C=O) groups excluding carboxylic acids is 1. The standard InChI is InChI=1S/C26H27N5O3S/c1-16-5-8-20(9-6-16)31-24-23(17(2)29-31)35-26(28-24)30-11-3-4-19(14-30)25(32)27-13-18-7-10-21-22(12-18)34-15-33-21/h5-10,12,19H,3-4,11,13-15H2,1-2H3,(H,27,32)/t19-/m1/s1. The summed E-state index contributed by atoms with van der Waals surface area (Å²) in [5.74, 6) is 1.49. The summed E-state index contributed by atoms with van der Waals surface area (Å²) >= 11 is 1.66. The van der Waals surface area contributed by atoms with Crippen molar-refractivity contribution in [2.24, 2.45) is 5.92 Å². The number of benzene rings is 2. The van der Waals surface area contributed by atoms with Gasteiger partial charge in [-0.05, 0) is 56.5 Å². The number of nitrogens with one attached hydrogen (secondary N) is 1. The van der Waals surface area contributed by atoms with Crippen molar-refractivity contribution in [3.05, 3.63) is 59.3 Å². The number of rotatable bonds is 5. The first-order valence-corrected chi connectivity index (χ1v) is 12.7. The summed E-state index contributed by atoms with van der Waals surface area (Å²) in [6.07, 6.45) is 1.84. The Morgan fingerprint density at radius 2 is 1.97 bits per heavy atom. The highest BCUT2D eigenvalue weighted by Gasteiger charge is 2.28. The molecule has 0 unspecified atom stereocenters. The number of carbonyl (C=O) groups is 1. The zero-order valence-electron chi connectivity index (χ0n) is 19.8. The maximum absolute atomic E-state index is 13.0. The van der Waals surface area contributed by atoms with Gasteiger partial charge in [-0.25, -0.2) is 4.68 Å². The fraction of sp³-hybridized carbons (Fsp3) is 0.346. The van der Waals surface area contributed by atoms with E-state index in [4.69, 9.17) is 19.6 Å². The van der Waals surface area contributed by atoms with E-state index in [9.17, 15) is 4.79 Å². The molecule has 0 bridgehead atoms. The Morgan fingerprint density at radius 1 is 1.14 bits per heavy atom. The molecule has 4 aromatic rings. The number of thiazole rings is 1. The number of hydrogen-bond donors (Lipinski definition) is 1. The van der Waals surface area contributed by atoms with Crippen molar-refractivity contribution in [1.82, 2.24) is 20.1 Å². The van der Waals surface area contributed by atoms with Gasteiger partial charge in [0.2, 0.25) is 12.7 Å². The number of hydrogen-bond acceptors (Lipinski definition) is 7. The highest BCUT2D eigenvalue weighted by Crippen LogP contribution is 2.35. The fourth-order valence-electron chi connectivity index (χ4n) is 4.67. The van der Waals surface area contributed by atoms with Crippen LogP contribution in [-0.2, 0) is 11.3 Å². The predicted octanol–water partition coefficient (Wildman–Crippen LogP) is 4.36. The summed E-state index contributed by atoms with van der Waals surface area (Å²) in [5.41, 5.74) is 5.06. The lowest BCUT2D eigenvalue weighted by atomic mass is 9.97. The quantitative estimate of drug-likeness (QED) is 0.449. The van der Waals surface area contributed by atoms with Gasteiger partial charge < -0.3 is 19.7 Å². The van der Waals surface area contributed by atoms with E-state index in [1.54, 1.807) is 11.3 Å². The molecule has 2 aliphatic heterocycles. The van der Waals surface area contributed by atoms with Gasteiger partial charge in [0.05, 0.1) is 22.0 Å². The van der Waals surface area contributed by atoms with Gasteiger partial charge in [0, 0.05) is 19.6 Å². The highest BCUT2D eigenvalue weighted by atomic mass is 32.1. The molecule has 8 nitrogen and oxygen atoms in total. The lowest BCUT2D eigenvalue weighted by Gasteiger charge is -2.31. The lowest BCUT2D eigenvalue weighted by molar-refractivity contribution is -0.125. The van der Waals surface area contributed by atoms with Crippen LogP contribution in [0.2, 0.25) is 0 Å². The average molecular weight is 490 g/mol. The minimum absolute atomic E-state index is 0.0699. The molecule has 1 amide bonds. The maximum Gasteiger partial charge on any atom is 0.231 e. The Kier molecular flexibility index (Phi) is 5.56. The molecule has 1 fully saturated rings. The van der Waals surface area contributed by atoms with Crippen LogP contribution in [0.15, 0.2) is 42.5 Å². The predicted molar refractivity (Wildman–Crippen MR) is 136 cm³/mol. The van der Waals surface area contributed by atoms with E-state index in [-0.39, 0.29) is 18.6 Å². The molecule has 6 rings (SSSR count). The zero-order chi connectivity index (χ0) is 23.9. The molecule has 0 radical (unpaired) electrons. The van der Waals surface area contributed by atoms with E-state index in [2.05, 4.69) is 41.4 Å². The third-order valence-electron chi connectivity index (χ3n) is 6.62. The van der Waals surface area contributed by atoms with E-state index in [1.807, 2.05) is 29.8 Å². The SMILES string of the molecule is Cc1ccc(-n2nc(C)c3sc(N4CCC[C@@H](C(=O)NCc5ccc6c(c5)OCO6)C4)nc32)cc1. The molecule has 180 valence electrons. The number of amides is 1. The van der Waals surface area contributed by atoms with Crippen LogP contribution in [0.3, 0.4) is 0 Å². The van der Waals surface area contributed by atoms with Crippen LogP contribution >= 0.6 is 11.3 Å². The number of anilines is 1. The molecule has 2 aromatic carbocycles. The van der Waals surface area contributed by atoms with Gasteiger partial charge in [0.1, 0.15) is 0 Å². The Bertz CT molecular complexity index is 1390. The van der Waals surface area contributed by atoms with Crippen molar-refractivity contribution in [3.8, 4) is 17.2 Å². The number of aryl methyl sites for hydroxylation is 2. The Balaban J connectivity index is 1.16. The number of ether oxygens (including phenoxy) is 2. The fourth-order valence-corrected chi connectivity index (χ4v) is 5.70. The summed E-state index contributed by atoms with van der Waals surface area (Å²) in [7, 11) is 0. The van der Waals surface area contributed by atoms with E-state index >= 15 is 0 Å². The van der Waals surface area contributed by atoms with Gasteiger partial charge >= 0.3 is 0 Å². The van der Waals surface area contributed by atoms with Gasteiger partial charge in [-0.1, -0.05) is 35.1 Å². The molecular formula is C26H27N5O3S.